The van der Waals surface area contributed by atoms with E-state index in [1.54, 1.807) is 19.4 Å². The molecule has 1 aromatic rings. The van der Waals surface area contributed by atoms with E-state index in [9.17, 15) is 0 Å². The van der Waals surface area contributed by atoms with Crippen molar-refractivity contribution >= 4 is 17.8 Å². The Labute approximate surface area is 81.9 Å². The van der Waals surface area contributed by atoms with E-state index in [1.165, 1.54) is 7.11 Å². The molecule has 0 atom stereocenters. The second-order valence-corrected chi connectivity index (χ2v) is 2.71. The van der Waals surface area contributed by atoms with Crippen molar-refractivity contribution in [1.29, 1.82) is 0 Å². The van der Waals surface area contributed by atoms with Crippen LogP contribution in [-0.2, 0) is 4.84 Å². The van der Waals surface area contributed by atoms with Crippen LogP contribution in [-0.4, -0.2) is 20.4 Å². The molecule has 0 unspecified atom stereocenters. The summed E-state index contributed by atoms with van der Waals surface area (Å²) in [6.45, 7) is 0. The van der Waals surface area contributed by atoms with Crippen LogP contribution >= 0.6 is 11.6 Å². The van der Waals surface area contributed by atoms with Gasteiger partial charge in [0.25, 0.3) is 0 Å². The van der Waals surface area contributed by atoms with E-state index in [0.717, 1.165) is 11.3 Å². The van der Waals surface area contributed by atoms with Gasteiger partial charge in [-0.15, -0.1) is 0 Å². The van der Waals surface area contributed by atoms with Gasteiger partial charge in [-0.05, 0) is 18.2 Å². The maximum Gasteiger partial charge on any atom is 0.120 e. The fourth-order valence-electron chi connectivity index (χ4n) is 0.849. The molecular formula is C9H10ClNO2. The minimum absolute atomic E-state index is 0.583. The molecule has 13 heavy (non-hydrogen) atoms. The molecule has 4 heteroatoms. The van der Waals surface area contributed by atoms with Gasteiger partial charge in [0.1, 0.15) is 12.9 Å². The largest absolute Gasteiger partial charge is 0.497 e. The van der Waals surface area contributed by atoms with Crippen LogP contribution in [0.1, 0.15) is 5.56 Å². The first-order valence-corrected chi connectivity index (χ1v) is 4.06. The molecule has 70 valence electrons. The monoisotopic (exact) mass is 199 g/mol. The van der Waals surface area contributed by atoms with E-state index in [-0.39, 0.29) is 0 Å². The van der Waals surface area contributed by atoms with Gasteiger partial charge in [0.15, 0.2) is 0 Å². The Kier molecular flexibility index (Phi) is 3.58. The Bertz CT molecular complexity index is 312. The number of hydrogen-bond donors (Lipinski definition) is 0. The van der Waals surface area contributed by atoms with Crippen LogP contribution in [0.25, 0.3) is 0 Å². The predicted molar refractivity (Wildman–Crippen MR) is 52.6 cm³/mol. The van der Waals surface area contributed by atoms with Crippen molar-refractivity contribution < 1.29 is 9.57 Å². The van der Waals surface area contributed by atoms with E-state index in [1.807, 2.05) is 12.1 Å². The Hall–Kier alpha value is -1.22. The molecule has 3 nitrogen and oxygen atoms in total. The molecule has 0 heterocycles. The molecule has 0 saturated carbocycles. The molecule has 0 bridgehead atoms. The normalized spacial score (nSPS) is 10.4. The highest BCUT2D eigenvalue weighted by Gasteiger charge is 1.99. The summed E-state index contributed by atoms with van der Waals surface area (Å²) in [6, 6.07) is 5.34. The third kappa shape index (κ3) is 2.63. The Morgan fingerprint density at radius 3 is 2.69 bits per heavy atom. The van der Waals surface area contributed by atoms with Crippen molar-refractivity contribution in [3.05, 3.63) is 28.8 Å². The van der Waals surface area contributed by atoms with Gasteiger partial charge in [0, 0.05) is 5.56 Å². The molecule has 0 aromatic heterocycles. The Balaban J connectivity index is 2.91. The van der Waals surface area contributed by atoms with Gasteiger partial charge in [-0.3, -0.25) is 0 Å². The van der Waals surface area contributed by atoms with Gasteiger partial charge >= 0.3 is 0 Å². The van der Waals surface area contributed by atoms with Crippen LogP contribution in [0.4, 0.5) is 0 Å². The number of oxime groups is 1. The smallest absolute Gasteiger partial charge is 0.120 e. The topological polar surface area (TPSA) is 30.8 Å². The second kappa shape index (κ2) is 4.72. The highest BCUT2D eigenvalue weighted by molar-refractivity contribution is 6.33. The summed E-state index contributed by atoms with van der Waals surface area (Å²) in [5.41, 5.74) is 0.796. The molecular weight excluding hydrogens is 190 g/mol. The summed E-state index contributed by atoms with van der Waals surface area (Å²) >= 11 is 5.92. The molecule has 0 radical (unpaired) electrons. The number of ether oxygens (including phenoxy) is 1. The minimum Gasteiger partial charge on any atom is -0.497 e. The van der Waals surface area contributed by atoms with Crippen molar-refractivity contribution in [3.8, 4) is 5.75 Å². The third-order valence-corrected chi connectivity index (χ3v) is 1.83. The molecule has 0 aliphatic carbocycles. The molecule has 0 amide bonds. The standard InChI is InChI=1S/C9H10ClNO2/c1-12-8-4-3-7(6-11-13-2)9(10)5-8/h3-6H,1-2H3/b11-6+. The van der Waals surface area contributed by atoms with Crippen molar-refractivity contribution in [1.82, 2.24) is 0 Å². The number of halogens is 1. The van der Waals surface area contributed by atoms with Crippen LogP contribution in [0, 0.1) is 0 Å². The van der Waals surface area contributed by atoms with Gasteiger partial charge < -0.3 is 9.57 Å². The van der Waals surface area contributed by atoms with Crippen LogP contribution in [0.2, 0.25) is 5.02 Å². The summed E-state index contributed by atoms with van der Waals surface area (Å²) in [7, 11) is 3.07. The lowest BCUT2D eigenvalue weighted by Crippen LogP contribution is -1.87. The van der Waals surface area contributed by atoms with Crippen LogP contribution in [0.3, 0.4) is 0 Å². The molecule has 0 aliphatic rings. The SMILES string of the molecule is CO/N=C/c1ccc(OC)cc1Cl. The van der Waals surface area contributed by atoms with Crippen LogP contribution in [0.5, 0.6) is 5.75 Å². The lowest BCUT2D eigenvalue weighted by atomic mass is 10.2. The summed E-state index contributed by atoms with van der Waals surface area (Å²) in [6.07, 6.45) is 1.54. The molecule has 0 aliphatic heterocycles. The molecule has 1 aromatic carbocycles. The fraction of sp³-hybridized carbons (Fsp3) is 0.222. The second-order valence-electron chi connectivity index (χ2n) is 2.30. The number of nitrogens with zero attached hydrogens (tertiary/aromatic N) is 1. The van der Waals surface area contributed by atoms with Crippen molar-refractivity contribution in [2.45, 2.75) is 0 Å². The van der Waals surface area contributed by atoms with Crippen molar-refractivity contribution in [3.63, 3.8) is 0 Å². The van der Waals surface area contributed by atoms with Gasteiger partial charge in [-0.25, -0.2) is 0 Å². The third-order valence-electron chi connectivity index (χ3n) is 1.50. The average molecular weight is 200 g/mol. The maximum absolute atomic E-state index is 5.92. The Morgan fingerprint density at radius 2 is 2.15 bits per heavy atom. The molecule has 0 saturated heterocycles. The highest BCUT2D eigenvalue weighted by Crippen LogP contribution is 2.20. The number of methoxy groups -OCH3 is 1. The quantitative estimate of drug-likeness (QED) is 0.553. The average Bonchev–Trinajstić information content (AvgIpc) is 2.16. The zero-order valence-corrected chi connectivity index (χ0v) is 8.21. The Morgan fingerprint density at radius 1 is 1.38 bits per heavy atom. The van der Waals surface area contributed by atoms with Gasteiger partial charge in [-0.1, -0.05) is 16.8 Å². The number of benzene rings is 1. The van der Waals surface area contributed by atoms with Crippen LogP contribution < -0.4 is 4.74 Å². The number of hydrogen-bond acceptors (Lipinski definition) is 3. The summed E-state index contributed by atoms with van der Waals surface area (Å²) < 4.78 is 4.99. The van der Waals surface area contributed by atoms with Crippen molar-refractivity contribution in [2.75, 3.05) is 14.2 Å². The van der Waals surface area contributed by atoms with E-state index in [2.05, 4.69) is 9.99 Å². The summed E-state index contributed by atoms with van der Waals surface area (Å²) in [5, 5.41) is 4.19. The van der Waals surface area contributed by atoms with Crippen molar-refractivity contribution in [2.24, 2.45) is 5.16 Å². The highest BCUT2D eigenvalue weighted by atomic mass is 35.5. The fourth-order valence-corrected chi connectivity index (χ4v) is 1.07. The lowest BCUT2D eigenvalue weighted by molar-refractivity contribution is 0.215. The first-order chi connectivity index (χ1) is 6.27. The molecule has 0 spiro atoms. The van der Waals surface area contributed by atoms with E-state index >= 15 is 0 Å². The van der Waals surface area contributed by atoms with Gasteiger partial charge in [0.2, 0.25) is 0 Å². The predicted octanol–water partition coefficient (Wildman–Crippen LogP) is 2.33. The van der Waals surface area contributed by atoms with Crippen LogP contribution in [0.15, 0.2) is 23.4 Å². The first kappa shape index (κ1) is 9.86. The zero-order chi connectivity index (χ0) is 9.68. The lowest BCUT2D eigenvalue weighted by Gasteiger charge is -2.01. The summed E-state index contributed by atoms with van der Waals surface area (Å²) in [5.74, 6) is 0.722. The maximum atomic E-state index is 5.92. The molecule has 0 fully saturated rings. The van der Waals surface area contributed by atoms with Gasteiger partial charge in [0.05, 0.1) is 18.3 Å². The minimum atomic E-state index is 0.583. The first-order valence-electron chi connectivity index (χ1n) is 3.68. The zero-order valence-electron chi connectivity index (χ0n) is 7.45. The summed E-state index contributed by atoms with van der Waals surface area (Å²) in [4.78, 5) is 4.54. The molecule has 1 rings (SSSR count). The van der Waals surface area contributed by atoms with E-state index < -0.39 is 0 Å². The molecule has 0 N–H and O–H groups in total. The van der Waals surface area contributed by atoms with E-state index in [4.69, 9.17) is 16.3 Å². The van der Waals surface area contributed by atoms with Gasteiger partial charge in [-0.2, -0.15) is 0 Å². The number of rotatable bonds is 3. The van der Waals surface area contributed by atoms with E-state index in [0.29, 0.717) is 5.02 Å².